The van der Waals surface area contributed by atoms with Crippen LogP contribution in [-0.2, 0) is 14.3 Å². The van der Waals surface area contributed by atoms with Gasteiger partial charge in [0.2, 0.25) is 5.91 Å². The van der Waals surface area contributed by atoms with Crippen LogP contribution in [0.2, 0.25) is 0 Å². The van der Waals surface area contributed by atoms with Crippen LogP contribution in [0.15, 0.2) is 18.2 Å². The van der Waals surface area contributed by atoms with Crippen LogP contribution in [0.3, 0.4) is 0 Å². The molecule has 0 spiro atoms. The number of hydrogen-bond donors (Lipinski definition) is 1. The van der Waals surface area contributed by atoms with Gasteiger partial charge in [-0.05, 0) is 38.5 Å². The highest BCUT2D eigenvalue weighted by atomic mass is 16.5. The molecule has 0 aliphatic rings. The van der Waals surface area contributed by atoms with Gasteiger partial charge in [-0.15, -0.1) is 0 Å². The fourth-order valence-electron chi connectivity index (χ4n) is 2.28. The molecule has 0 bridgehead atoms. The van der Waals surface area contributed by atoms with Crippen LogP contribution in [0, 0.1) is 5.92 Å². The molecule has 0 radical (unpaired) electrons. The van der Waals surface area contributed by atoms with E-state index in [1.165, 1.54) is 7.11 Å². The molecule has 0 unspecified atom stereocenters. The highest BCUT2D eigenvalue weighted by Crippen LogP contribution is 2.30. The topological polar surface area (TPSA) is 73.9 Å². The number of nitrogens with one attached hydrogen (secondary N) is 1. The SMILES string of the molecule is CCOc1ccc([C@@H](C)NC(=O)C[C@@H](C)C(=O)OC)cc1OCC. The largest absolute Gasteiger partial charge is 0.490 e. The van der Waals surface area contributed by atoms with Gasteiger partial charge < -0.3 is 19.5 Å². The molecule has 1 N–H and O–H groups in total. The van der Waals surface area contributed by atoms with Crippen molar-refractivity contribution in [1.29, 1.82) is 0 Å². The molecule has 0 fully saturated rings. The highest BCUT2D eigenvalue weighted by molar-refractivity contribution is 5.83. The number of carbonyl (C=O) groups is 2. The van der Waals surface area contributed by atoms with Gasteiger partial charge in [-0.1, -0.05) is 13.0 Å². The monoisotopic (exact) mass is 337 g/mol. The molecule has 0 aromatic heterocycles. The van der Waals surface area contributed by atoms with E-state index < -0.39 is 11.9 Å². The number of hydrogen-bond acceptors (Lipinski definition) is 5. The van der Waals surface area contributed by atoms with Crippen LogP contribution < -0.4 is 14.8 Å². The lowest BCUT2D eigenvalue weighted by Gasteiger charge is -2.18. The summed E-state index contributed by atoms with van der Waals surface area (Å²) in [6, 6.07) is 5.38. The van der Waals surface area contributed by atoms with Crippen LogP contribution in [0.4, 0.5) is 0 Å². The predicted octanol–water partition coefficient (Wildman–Crippen LogP) is 2.86. The van der Waals surface area contributed by atoms with Gasteiger partial charge in [0.25, 0.3) is 0 Å². The molecule has 1 aromatic rings. The minimum absolute atomic E-state index is 0.0896. The standard InChI is InChI=1S/C18H27NO5/c1-6-23-15-9-8-14(11-16(15)24-7-2)13(4)19-17(20)10-12(3)18(21)22-5/h8-9,11-13H,6-7,10H2,1-5H3,(H,19,20)/t12-,13-/m1/s1. The summed E-state index contributed by atoms with van der Waals surface area (Å²) in [6.45, 7) is 8.45. The van der Waals surface area contributed by atoms with Crippen LogP contribution in [0.25, 0.3) is 0 Å². The molecule has 0 aliphatic heterocycles. The zero-order valence-electron chi connectivity index (χ0n) is 15.0. The van der Waals surface area contributed by atoms with Crippen molar-refractivity contribution in [1.82, 2.24) is 5.32 Å². The molecule has 1 aromatic carbocycles. The van der Waals surface area contributed by atoms with Gasteiger partial charge in [-0.3, -0.25) is 9.59 Å². The Balaban J connectivity index is 2.76. The van der Waals surface area contributed by atoms with E-state index >= 15 is 0 Å². The Bertz CT molecular complexity index is 558. The van der Waals surface area contributed by atoms with E-state index in [-0.39, 0.29) is 18.4 Å². The maximum Gasteiger partial charge on any atom is 0.308 e. The molecule has 0 aliphatic carbocycles. The summed E-state index contributed by atoms with van der Waals surface area (Å²) in [5.74, 6) is 0.271. The van der Waals surface area contributed by atoms with E-state index in [0.29, 0.717) is 24.7 Å². The maximum atomic E-state index is 12.1. The minimum Gasteiger partial charge on any atom is -0.490 e. The molecule has 6 nitrogen and oxygen atoms in total. The first-order valence-corrected chi connectivity index (χ1v) is 8.19. The molecule has 1 rings (SSSR count). The molecule has 0 saturated carbocycles. The molecular weight excluding hydrogens is 310 g/mol. The normalized spacial score (nSPS) is 12.9. The molecule has 24 heavy (non-hydrogen) atoms. The van der Waals surface area contributed by atoms with Crippen molar-refractivity contribution in [3.63, 3.8) is 0 Å². The second-order valence-corrected chi connectivity index (χ2v) is 5.49. The third kappa shape index (κ3) is 5.76. The minimum atomic E-state index is -0.471. The summed E-state index contributed by atoms with van der Waals surface area (Å²) < 4.78 is 15.8. The van der Waals surface area contributed by atoms with Crippen molar-refractivity contribution < 1.29 is 23.8 Å². The van der Waals surface area contributed by atoms with Gasteiger partial charge in [-0.2, -0.15) is 0 Å². The number of amides is 1. The average Bonchev–Trinajstić information content (AvgIpc) is 2.55. The number of carbonyl (C=O) groups excluding carboxylic acids is 2. The number of methoxy groups -OCH3 is 1. The van der Waals surface area contributed by atoms with Crippen molar-refractivity contribution in [2.24, 2.45) is 5.92 Å². The summed E-state index contributed by atoms with van der Waals surface area (Å²) in [5.41, 5.74) is 0.904. The van der Waals surface area contributed by atoms with E-state index in [0.717, 1.165) is 5.56 Å². The van der Waals surface area contributed by atoms with Gasteiger partial charge in [0.05, 0.1) is 32.3 Å². The van der Waals surface area contributed by atoms with E-state index in [1.807, 2.05) is 39.0 Å². The summed E-state index contributed by atoms with van der Waals surface area (Å²) in [5, 5.41) is 2.88. The lowest BCUT2D eigenvalue weighted by atomic mass is 10.1. The Morgan fingerprint density at radius 2 is 1.71 bits per heavy atom. The Morgan fingerprint density at radius 3 is 2.29 bits per heavy atom. The fourth-order valence-corrected chi connectivity index (χ4v) is 2.28. The van der Waals surface area contributed by atoms with Gasteiger partial charge in [0.1, 0.15) is 0 Å². The molecule has 134 valence electrons. The average molecular weight is 337 g/mol. The number of rotatable bonds is 9. The molecule has 1 amide bonds. The smallest absolute Gasteiger partial charge is 0.308 e. The van der Waals surface area contributed by atoms with Gasteiger partial charge in [0, 0.05) is 6.42 Å². The van der Waals surface area contributed by atoms with Crippen molar-refractivity contribution in [3.8, 4) is 11.5 Å². The summed E-state index contributed by atoms with van der Waals surface area (Å²) >= 11 is 0. The number of esters is 1. The lowest BCUT2D eigenvalue weighted by molar-refractivity contribution is -0.146. The molecule has 0 saturated heterocycles. The van der Waals surface area contributed by atoms with Gasteiger partial charge in [0.15, 0.2) is 11.5 Å². The zero-order chi connectivity index (χ0) is 18.1. The van der Waals surface area contributed by atoms with Crippen molar-refractivity contribution in [3.05, 3.63) is 23.8 Å². The number of ether oxygens (including phenoxy) is 3. The Hall–Kier alpha value is -2.24. The van der Waals surface area contributed by atoms with Gasteiger partial charge in [-0.25, -0.2) is 0 Å². The Morgan fingerprint density at radius 1 is 1.08 bits per heavy atom. The van der Waals surface area contributed by atoms with Crippen LogP contribution in [-0.4, -0.2) is 32.2 Å². The molecular formula is C18H27NO5. The third-order valence-electron chi connectivity index (χ3n) is 3.54. The third-order valence-corrected chi connectivity index (χ3v) is 3.54. The quantitative estimate of drug-likeness (QED) is 0.701. The van der Waals surface area contributed by atoms with Crippen LogP contribution >= 0.6 is 0 Å². The van der Waals surface area contributed by atoms with E-state index in [4.69, 9.17) is 9.47 Å². The first kappa shape index (κ1) is 19.8. The molecule has 6 heteroatoms. The Kier molecular flexibility index (Phi) is 8.09. The second-order valence-electron chi connectivity index (χ2n) is 5.49. The molecule has 0 heterocycles. The Labute approximate surface area is 143 Å². The second kappa shape index (κ2) is 9.80. The summed E-state index contributed by atoms with van der Waals surface area (Å²) in [6.07, 6.45) is 0.0896. The van der Waals surface area contributed by atoms with Crippen LogP contribution in [0.5, 0.6) is 11.5 Å². The molecule has 2 atom stereocenters. The fraction of sp³-hybridized carbons (Fsp3) is 0.556. The zero-order valence-corrected chi connectivity index (χ0v) is 15.0. The lowest BCUT2D eigenvalue weighted by Crippen LogP contribution is -2.30. The first-order chi connectivity index (χ1) is 11.4. The summed E-state index contributed by atoms with van der Waals surface area (Å²) in [4.78, 5) is 23.4. The van der Waals surface area contributed by atoms with Gasteiger partial charge >= 0.3 is 5.97 Å². The van der Waals surface area contributed by atoms with E-state index in [1.54, 1.807) is 6.92 Å². The van der Waals surface area contributed by atoms with Crippen molar-refractivity contribution in [2.75, 3.05) is 20.3 Å². The maximum absolute atomic E-state index is 12.1. The number of benzene rings is 1. The van der Waals surface area contributed by atoms with E-state index in [9.17, 15) is 9.59 Å². The van der Waals surface area contributed by atoms with E-state index in [2.05, 4.69) is 10.1 Å². The predicted molar refractivity (Wildman–Crippen MR) is 91.1 cm³/mol. The highest BCUT2D eigenvalue weighted by Gasteiger charge is 2.19. The van der Waals surface area contributed by atoms with Crippen molar-refractivity contribution in [2.45, 2.75) is 40.2 Å². The first-order valence-electron chi connectivity index (χ1n) is 8.19. The van der Waals surface area contributed by atoms with Crippen LogP contribution in [0.1, 0.15) is 45.7 Å². The van der Waals surface area contributed by atoms with Crippen molar-refractivity contribution >= 4 is 11.9 Å². The summed E-state index contributed by atoms with van der Waals surface area (Å²) in [7, 11) is 1.31.